The lowest BCUT2D eigenvalue weighted by atomic mass is 10.0. The number of carbonyl (C=O) groups is 2. The highest BCUT2D eigenvalue weighted by Crippen LogP contribution is 2.27. The maximum Gasteiger partial charge on any atom is 0.239 e. The molecule has 2 unspecified atom stereocenters. The van der Waals surface area contributed by atoms with Crippen LogP contribution in [0.25, 0.3) is 0 Å². The highest BCUT2D eigenvalue weighted by atomic mass is 79.9. The summed E-state index contributed by atoms with van der Waals surface area (Å²) in [6.45, 7) is 2.11. The van der Waals surface area contributed by atoms with Crippen LogP contribution in [-0.4, -0.2) is 24.4 Å². The van der Waals surface area contributed by atoms with E-state index in [-0.39, 0.29) is 17.9 Å². The molecule has 0 aliphatic carbocycles. The Hall–Kier alpha value is -2.28. The van der Waals surface area contributed by atoms with E-state index in [4.69, 9.17) is 0 Å². The summed E-state index contributed by atoms with van der Waals surface area (Å²) in [5.41, 5.74) is 0.657. The molecular formula is C20H19BrF2N2O2. The highest BCUT2D eigenvalue weighted by Gasteiger charge is 2.38. The van der Waals surface area contributed by atoms with Crippen molar-refractivity contribution in [2.24, 2.45) is 5.92 Å². The summed E-state index contributed by atoms with van der Waals surface area (Å²) >= 11 is 3.37. The Kier molecular flexibility index (Phi) is 5.89. The molecule has 0 aromatic heterocycles. The molecule has 7 heteroatoms. The summed E-state index contributed by atoms with van der Waals surface area (Å²) in [6.07, 6.45) is 0.415. The summed E-state index contributed by atoms with van der Waals surface area (Å²) in [4.78, 5) is 26.7. The first-order valence-electron chi connectivity index (χ1n) is 8.67. The molecule has 4 nitrogen and oxygen atoms in total. The van der Waals surface area contributed by atoms with Crippen LogP contribution in [0.3, 0.4) is 0 Å². The molecule has 0 bridgehead atoms. The average Bonchev–Trinajstić information content (AvgIpc) is 3.00. The van der Waals surface area contributed by atoms with Crippen LogP contribution in [0.4, 0.5) is 14.5 Å². The van der Waals surface area contributed by atoms with Gasteiger partial charge < -0.3 is 10.2 Å². The van der Waals surface area contributed by atoms with Crippen LogP contribution in [0.5, 0.6) is 0 Å². The number of anilines is 1. The summed E-state index contributed by atoms with van der Waals surface area (Å²) in [7, 11) is 0. The van der Waals surface area contributed by atoms with Crippen molar-refractivity contribution >= 4 is 33.4 Å². The second kappa shape index (κ2) is 8.17. The molecule has 2 atom stereocenters. The zero-order chi connectivity index (χ0) is 19.6. The number of nitrogens with one attached hydrogen (secondary N) is 1. The lowest BCUT2D eigenvalue weighted by Crippen LogP contribution is -2.41. The average molecular weight is 437 g/mol. The van der Waals surface area contributed by atoms with Crippen molar-refractivity contribution in [3.8, 4) is 0 Å². The molecule has 142 valence electrons. The monoisotopic (exact) mass is 436 g/mol. The van der Waals surface area contributed by atoms with Crippen LogP contribution in [0, 0.1) is 17.6 Å². The summed E-state index contributed by atoms with van der Waals surface area (Å²) in [6, 6.07) is 10.5. The molecule has 3 rings (SSSR count). The van der Waals surface area contributed by atoms with Crippen LogP contribution in [0.15, 0.2) is 46.9 Å². The van der Waals surface area contributed by atoms with Crippen molar-refractivity contribution in [3.63, 3.8) is 0 Å². The number of nitrogens with zero attached hydrogens (tertiary/aromatic N) is 1. The second-order valence-corrected chi connectivity index (χ2v) is 7.54. The third-order valence-electron chi connectivity index (χ3n) is 4.60. The molecule has 1 saturated heterocycles. The van der Waals surface area contributed by atoms with E-state index in [0.717, 1.165) is 10.2 Å². The molecule has 2 amide bonds. The molecule has 2 aromatic carbocycles. The minimum Gasteiger partial charge on any atom is -0.353 e. The number of carbonyl (C=O) groups excluding carboxylic acids is 2. The minimum atomic E-state index is -0.795. The van der Waals surface area contributed by atoms with Crippen molar-refractivity contribution in [3.05, 3.63) is 64.1 Å². The van der Waals surface area contributed by atoms with Crippen molar-refractivity contribution in [2.75, 3.05) is 11.4 Å². The molecular weight excluding hydrogens is 418 g/mol. The Balaban J connectivity index is 1.64. The molecule has 27 heavy (non-hydrogen) atoms. The van der Waals surface area contributed by atoms with Crippen LogP contribution >= 0.6 is 15.9 Å². The van der Waals surface area contributed by atoms with Crippen molar-refractivity contribution in [1.82, 2.24) is 5.32 Å². The summed E-state index contributed by atoms with van der Waals surface area (Å²) in [5.74, 6) is -2.77. The van der Waals surface area contributed by atoms with Gasteiger partial charge in [-0.3, -0.25) is 9.59 Å². The Morgan fingerprint density at radius 3 is 2.59 bits per heavy atom. The summed E-state index contributed by atoms with van der Waals surface area (Å²) < 4.78 is 28.4. The quantitative estimate of drug-likeness (QED) is 0.724. The largest absolute Gasteiger partial charge is 0.353 e. The fourth-order valence-corrected chi connectivity index (χ4v) is 3.64. The van der Waals surface area contributed by atoms with Gasteiger partial charge in [0.05, 0.1) is 0 Å². The molecule has 1 N–H and O–H groups in total. The molecule has 0 radical (unpaired) electrons. The van der Waals surface area contributed by atoms with E-state index in [1.807, 2.05) is 24.3 Å². The van der Waals surface area contributed by atoms with Crippen LogP contribution in [-0.2, 0) is 16.0 Å². The Morgan fingerprint density at radius 2 is 1.93 bits per heavy atom. The first-order chi connectivity index (χ1) is 12.9. The number of halogens is 3. The van der Waals surface area contributed by atoms with Crippen molar-refractivity contribution < 1.29 is 18.4 Å². The summed E-state index contributed by atoms with van der Waals surface area (Å²) in [5, 5.41) is 2.71. The maximum atomic E-state index is 13.8. The standard InChI is InChI=1S/C20H19BrF2N2O2/c1-12(10-16-17(22)6-3-7-18(16)23)24-19(26)15-8-9-25(20(15)27)14-5-2-4-13(21)11-14/h2-7,11-12,15H,8-10H2,1H3,(H,24,26). The third kappa shape index (κ3) is 4.35. The van der Waals surface area contributed by atoms with Crippen LogP contribution in [0.2, 0.25) is 0 Å². The van der Waals surface area contributed by atoms with E-state index in [9.17, 15) is 18.4 Å². The Bertz CT molecular complexity index is 855. The van der Waals surface area contributed by atoms with Gasteiger partial charge in [0.25, 0.3) is 0 Å². The van der Waals surface area contributed by atoms with E-state index in [1.165, 1.54) is 18.2 Å². The SMILES string of the molecule is CC(Cc1c(F)cccc1F)NC(=O)C1CCN(c2cccc(Br)c2)C1=O. The molecule has 0 spiro atoms. The first kappa shape index (κ1) is 19.5. The Labute approximate surface area is 164 Å². The highest BCUT2D eigenvalue weighted by molar-refractivity contribution is 9.10. The van der Waals surface area contributed by atoms with Gasteiger partial charge in [0.2, 0.25) is 11.8 Å². The zero-order valence-corrected chi connectivity index (χ0v) is 16.3. The van der Waals surface area contributed by atoms with Crippen LogP contribution in [0.1, 0.15) is 18.9 Å². The van der Waals surface area contributed by atoms with Gasteiger partial charge >= 0.3 is 0 Å². The predicted octanol–water partition coefficient (Wildman–Crippen LogP) is 3.83. The van der Waals surface area contributed by atoms with E-state index in [0.29, 0.717) is 13.0 Å². The van der Waals surface area contributed by atoms with E-state index >= 15 is 0 Å². The van der Waals surface area contributed by atoms with Gasteiger partial charge in [-0.2, -0.15) is 0 Å². The van der Waals surface area contributed by atoms with Gasteiger partial charge in [-0.1, -0.05) is 28.1 Å². The van der Waals surface area contributed by atoms with Gasteiger partial charge in [0, 0.05) is 28.3 Å². The number of hydrogen-bond donors (Lipinski definition) is 1. The number of amides is 2. The fourth-order valence-electron chi connectivity index (χ4n) is 3.25. The minimum absolute atomic E-state index is 0.0144. The number of hydrogen-bond acceptors (Lipinski definition) is 2. The lowest BCUT2D eigenvalue weighted by Gasteiger charge is -2.19. The third-order valence-corrected chi connectivity index (χ3v) is 5.10. The van der Waals surface area contributed by atoms with Gasteiger partial charge in [-0.25, -0.2) is 8.78 Å². The molecule has 1 aliphatic heterocycles. The van der Waals surface area contributed by atoms with Gasteiger partial charge in [-0.05, 0) is 50.1 Å². The van der Waals surface area contributed by atoms with Gasteiger partial charge in [0.15, 0.2) is 0 Å². The van der Waals surface area contributed by atoms with E-state index in [1.54, 1.807) is 11.8 Å². The maximum absolute atomic E-state index is 13.8. The zero-order valence-electron chi connectivity index (χ0n) is 14.7. The van der Waals surface area contributed by atoms with Crippen LogP contribution < -0.4 is 10.2 Å². The fraction of sp³-hybridized carbons (Fsp3) is 0.300. The van der Waals surface area contributed by atoms with E-state index < -0.39 is 29.5 Å². The predicted molar refractivity (Wildman–Crippen MR) is 102 cm³/mol. The first-order valence-corrected chi connectivity index (χ1v) is 9.46. The number of benzene rings is 2. The molecule has 1 fully saturated rings. The molecule has 2 aromatic rings. The van der Waals surface area contributed by atoms with Gasteiger partial charge in [-0.15, -0.1) is 0 Å². The number of rotatable bonds is 5. The molecule has 1 heterocycles. The van der Waals surface area contributed by atoms with Crippen molar-refractivity contribution in [2.45, 2.75) is 25.8 Å². The van der Waals surface area contributed by atoms with E-state index in [2.05, 4.69) is 21.2 Å². The normalized spacial score (nSPS) is 17.9. The molecule has 1 aliphatic rings. The lowest BCUT2D eigenvalue weighted by molar-refractivity contribution is -0.132. The molecule has 0 saturated carbocycles. The second-order valence-electron chi connectivity index (χ2n) is 6.62. The smallest absolute Gasteiger partial charge is 0.239 e. The van der Waals surface area contributed by atoms with Crippen molar-refractivity contribution in [1.29, 1.82) is 0 Å². The Morgan fingerprint density at radius 1 is 1.26 bits per heavy atom. The topological polar surface area (TPSA) is 49.4 Å². The van der Waals surface area contributed by atoms with Gasteiger partial charge in [0.1, 0.15) is 17.6 Å².